The van der Waals surface area contributed by atoms with Gasteiger partial charge in [0.2, 0.25) is 5.91 Å². The summed E-state index contributed by atoms with van der Waals surface area (Å²) < 4.78 is 25.7. The van der Waals surface area contributed by atoms with Crippen LogP contribution in [0.25, 0.3) is 6.08 Å². The molecule has 1 amide bonds. The fraction of sp³-hybridized carbons (Fsp3) is 0.471. The zero-order valence-electron chi connectivity index (χ0n) is 14.6. The highest BCUT2D eigenvalue weighted by Crippen LogP contribution is 2.39. The molecule has 1 aromatic rings. The summed E-state index contributed by atoms with van der Waals surface area (Å²) in [6.07, 6.45) is 1.70. The van der Waals surface area contributed by atoms with Crippen molar-refractivity contribution in [2.75, 3.05) is 6.54 Å². The summed E-state index contributed by atoms with van der Waals surface area (Å²) in [5, 5.41) is 2.75. The van der Waals surface area contributed by atoms with E-state index in [0.717, 1.165) is 0 Å². The van der Waals surface area contributed by atoms with Gasteiger partial charge in [0.1, 0.15) is 5.82 Å². The van der Waals surface area contributed by atoms with Crippen molar-refractivity contribution in [1.82, 2.24) is 5.32 Å². The van der Waals surface area contributed by atoms with E-state index in [9.17, 15) is 9.18 Å². The van der Waals surface area contributed by atoms with E-state index in [-0.39, 0.29) is 17.5 Å². The molecule has 1 aliphatic rings. The molecule has 0 aliphatic carbocycles. The molecule has 0 aromatic heterocycles. The number of rotatable bonds is 4. The lowest BCUT2D eigenvalue weighted by atomic mass is 9.77. The zero-order chi connectivity index (χ0) is 18.1. The van der Waals surface area contributed by atoms with Gasteiger partial charge >= 0.3 is 7.12 Å². The average molecular weight is 354 g/mol. The number of nitrogens with one attached hydrogen (secondary N) is 1. The topological polar surface area (TPSA) is 47.6 Å². The van der Waals surface area contributed by atoms with Crippen LogP contribution in [0.15, 0.2) is 23.7 Å². The van der Waals surface area contributed by atoms with Crippen LogP contribution in [0.1, 0.15) is 40.2 Å². The van der Waals surface area contributed by atoms with Gasteiger partial charge in [-0.3, -0.25) is 4.79 Å². The van der Waals surface area contributed by atoms with Gasteiger partial charge in [-0.25, -0.2) is 4.39 Å². The standard InChI is InChI=1S/C17H22BClFNO3/c1-11(22)21-10-13(9-12-7-6-8-14(20)15(12)19)18-23-16(2,3)17(4,5)24-18/h6-9H,10H2,1-5H3,(H,21,22). The lowest BCUT2D eigenvalue weighted by Gasteiger charge is -2.32. The second-order valence-corrected chi connectivity index (χ2v) is 7.24. The van der Waals surface area contributed by atoms with Crippen LogP contribution in [0, 0.1) is 5.82 Å². The third kappa shape index (κ3) is 3.99. The van der Waals surface area contributed by atoms with Crippen LogP contribution >= 0.6 is 11.6 Å². The SMILES string of the molecule is CC(=O)NCC(=Cc1cccc(F)c1Cl)B1OC(C)(C)C(C)(C)O1. The number of carbonyl (C=O) groups is 1. The Morgan fingerprint density at radius 1 is 1.29 bits per heavy atom. The molecule has 24 heavy (non-hydrogen) atoms. The predicted octanol–water partition coefficient (Wildman–Crippen LogP) is 3.63. The van der Waals surface area contributed by atoms with Crippen LogP contribution in [0.2, 0.25) is 5.02 Å². The molecule has 0 atom stereocenters. The number of hydrogen-bond acceptors (Lipinski definition) is 3. The third-order valence-electron chi connectivity index (χ3n) is 4.42. The van der Waals surface area contributed by atoms with Gasteiger partial charge in [-0.2, -0.15) is 0 Å². The Bertz CT molecular complexity index is 660. The number of halogens is 2. The number of amides is 1. The number of carbonyl (C=O) groups excluding carboxylic acids is 1. The molecule has 130 valence electrons. The lowest BCUT2D eigenvalue weighted by Crippen LogP contribution is -2.41. The van der Waals surface area contributed by atoms with Crippen molar-refractivity contribution in [3.63, 3.8) is 0 Å². The van der Waals surface area contributed by atoms with Crippen molar-refractivity contribution in [1.29, 1.82) is 0 Å². The Morgan fingerprint density at radius 2 is 1.88 bits per heavy atom. The highest BCUT2D eigenvalue weighted by Gasteiger charge is 2.52. The van der Waals surface area contributed by atoms with E-state index in [0.29, 0.717) is 11.0 Å². The molecule has 1 aliphatic heterocycles. The molecular formula is C17H22BClFNO3. The van der Waals surface area contributed by atoms with E-state index < -0.39 is 24.1 Å². The molecule has 0 radical (unpaired) electrons. The van der Waals surface area contributed by atoms with Crippen molar-refractivity contribution < 1.29 is 18.5 Å². The molecule has 1 N–H and O–H groups in total. The van der Waals surface area contributed by atoms with Crippen LogP contribution in [0.3, 0.4) is 0 Å². The minimum atomic E-state index is -0.652. The minimum Gasteiger partial charge on any atom is -0.400 e. The second-order valence-electron chi connectivity index (χ2n) is 6.86. The summed E-state index contributed by atoms with van der Waals surface area (Å²) in [5.74, 6) is -0.680. The van der Waals surface area contributed by atoms with Gasteiger partial charge in [0.05, 0.1) is 16.2 Å². The number of benzene rings is 1. The molecule has 1 fully saturated rings. The van der Waals surface area contributed by atoms with Gasteiger partial charge < -0.3 is 14.6 Å². The van der Waals surface area contributed by atoms with Gasteiger partial charge in [-0.15, -0.1) is 0 Å². The van der Waals surface area contributed by atoms with Gasteiger partial charge in [0.25, 0.3) is 0 Å². The minimum absolute atomic E-state index is 0.0225. The maximum atomic E-state index is 13.7. The molecular weight excluding hydrogens is 331 g/mol. The average Bonchev–Trinajstić information content (AvgIpc) is 2.67. The van der Waals surface area contributed by atoms with E-state index >= 15 is 0 Å². The summed E-state index contributed by atoms with van der Waals surface area (Å²) in [5.41, 5.74) is 0.139. The quantitative estimate of drug-likeness (QED) is 0.841. The molecule has 0 spiro atoms. The van der Waals surface area contributed by atoms with Crippen LogP contribution in [-0.4, -0.2) is 30.8 Å². The van der Waals surface area contributed by atoms with Gasteiger partial charge in [0.15, 0.2) is 0 Å². The molecule has 1 saturated heterocycles. The monoisotopic (exact) mass is 353 g/mol. The Morgan fingerprint density at radius 3 is 2.42 bits per heavy atom. The first-order valence-corrected chi connectivity index (χ1v) is 8.16. The molecule has 0 bridgehead atoms. The highest BCUT2D eigenvalue weighted by atomic mass is 35.5. The molecule has 0 unspecified atom stereocenters. The Hall–Kier alpha value is -1.37. The Kier molecular flexibility index (Phi) is 5.42. The number of hydrogen-bond donors (Lipinski definition) is 1. The summed E-state index contributed by atoms with van der Waals surface area (Å²) in [6.45, 7) is 9.42. The first kappa shape index (κ1) is 19.0. The maximum Gasteiger partial charge on any atom is 0.492 e. The van der Waals surface area contributed by atoms with E-state index in [1.807, 2.05) is 27.7 Å². The van der Waals surface area contributed by atoms with Gasteiger partial charge in [-0.1, -0.05) is 29.8 Å². The molecule has 2 rings (SSSR count). The second kappa shape index (κ2) is 6.86. The van der Waals surface area contributed by atoms with Gasteiger partial charge in [0, 0.05) is 13.5 Å². The van der Waals surface area contributed by atoms with E-state index in [2.05, 4.69) is 5.32 Å². The normalized spacial score (nSPS) is 19.5. The third-order valence-corrected chi connectivity index (χ3v) is 4.82. The fourth-order valence-corrected chi connectivity index (χ4v) is 2.44. The van der Waals surface area contributed by atoms with Crippen molar-refractivity contribution in [3.8, 4) is 0 Å². The Balaban J connectivity index is 2.37. The van der Waals surface area contributed by atoms with Crippen molar-refractivity contribution in [2.24, 2.45) is 0 Å². The molecule has 7 heteroatoms. The van der Waals surface area contributed by atoms with Gasteiger partial charge in [-0.05, 0) is 44.8 Å². The van der Waals surface area contributed by atoms with Crippen molar-refractivity contribution in [3.05, 3.63) is 40.1 Å². The molecule has 1 aromatic carbocycles. The first-order chi connectivity index (χ1) is 11.0. The van der Waals surface area contributed by atoms with E-state index in [4.69, 9.17) is 20.9 Å². The van der Waals surface area contributed by atoms with E-state index in [1.54, 1.807) is 18.2 Å². The molecule has 4 nitrogen and oxygen atoms in total. The van der Waals surface area contributed by atoms with Crippen LogP contribution < -0.4 is 5.32 Å². The van der Waals surface area contributed by atoms with Crippen molar-refractivity contribution in [2.45, 2.75) is 45.8 Å². The summed E-state index contributed by atoms with van der Waals surface area (Å²) >= 11 is 6.03. The highest BCUT2D eigenvalue weighted by molar-refractivity contribution is 6.56. The smallest absolute Gasteiger partial charge is 0.400 e. The molecule has 0 saturated carbocycles. The van der Waals surface area contributed by atoms with Crippen LogP contribution in [0.4, 0.5) is 4.39 Å². The summed E-state index contributed by atoms with van der Waals surface area (Å²) in [7, 11) is -0.652. The molecule has 1 heterocycles. The Labute approximate surface area is 147 Å². The fourth-order valence-electron chi connectivity index (χ4n) is 2.26. The largest absolute Gasteiger partial charge is 0.492 e. The lowest BCUT2D eigenvalue weighted by molar-refractivity contribution is -0.118. The van der Waals surface area contributed by atoms with E-state index in [1.165, 1.54) is 13.0 Å². The van der Waals surface area contributed by atoms with Crippen LogP contribution in [0.5, 0.6) is 0 Å². The maximum absolute atomic E-state index is 13.7. The summed E-state index contributed by atoms with van der Waals surface area (Å²) in [6, 6.07) is 4.57. The van der Waals surface area contributed by atoms with Crippen molar-refractivity contribution >= 4 is 30.7 Å². The zero-order valence-corrected chi connectivity index (χ0v) is 15.3. The summed E-state index contributed by atoms with van der Waals surface area (Å²) in [4.78, 5) is 11.3. The van der Waals surface area contributed by atoms with Crippen LogP contribution in [-0.2, 0) is 14.1 Å². The first-order valence-electron chi connectivity index (χ1n) is 7.78. The predicted molar refractivity (Wildman–Crippen MR) is 94.2 cm³/mol.